The Bertz CT molecular complexity index is 456. The van der Waals surface area contributed by atoms with E-state index in [2.05, 4.69) is 9.72 Å². The van der Waals surface area contributed by atoms with Gasteiger partial charge in [-0.25, -0.2) is 0 Å². The number of ether oxygens (including phenoxy) is 1. The molecule has 0 atom stereocenters. The van der Waals surface area contributed by atoms with Crippen LogP contribution in [0.3, 0.4) is 0 Å². The predicted molar refractivity (Wildman–Crippen MR) is 45.1 cm³/mol. The normalized spacial score (nSPS) is 11.1. The molecule has 2 rings (SSSR count). The SMILES string of the molecule is Nc1nc2cccc(OC(F)F)c2o1. The van der Waals surface area contributed by atoms with Crippen LogP contribution in [-0.4, -0.2) is 11.6 Å². The minimum absolute atomic E-state index is 0.0679. The molecule has 0 saturated carbocycles. The number of alkyl halides is 2. The number of rotatable bonds is 2. The summed E-state index contributed by atoms with van der Waals surface area (Å²) in [5.41, 5.74) is 5.79. The lowest BCUT2D eigenvalue weighted by Gasteiger charge is -2.02. The van der Waals surface area contributed by atoms with Crippen LogP contribution in [0.2, 0.25) is 0 Å². The van der Waals surface area contributed by atoms with Crippen LogP contribution >= 0.6 is 0 Å². The molecule has 0 spiro atoms. The average Bonchev–Trinajstić information content (AvgIpc) is 2.45. The van der Waals surface area contributed by atoms with Crippen molar-refractivity contribution >= 4 is 17.1 Å². The number of para-hydroxylation sites is 1. The largest absolute Gasteiger partial charge is 0.431 e. The molecule has 2 aromatic rings. The Morgan fingerprint density at radius 1 is 1.43 bits per heavy atom. The summed E-state index contributed by atoms with van der Waals surface area (Å²) in [4.78, 5) is 3.77. The summed E-state index contributed by atoms with van der Waals surface area (Å²) < 4.78 is 33.0. The number of nitrogens with two attached hydrogens (primary N) is 1. The van der Waals surface area contributed by atoms with Gasteiger partial charge < -0.3 is 14.9 Å². The first kappa shape index (κ1) is 8.74. The maximum atomic E-state index is 11.9. The maximum Gasteiger partial charge on any atom is 0.387 e. The minimum Gasteiger partial charge on any atom is -0.431 e. The quantitative estimate of drug-likeness (QED) is 0.805. The molecule has 1 aromatic carbocycles. The van der Waals surface area contributed by atoms with Gasteiger partial charge in [-0.2, -0.15) is 13.8 Å². The lowest BCUT2D eigenvalue weighted by Crippen LogP contribution is -2.01. The van der Waals surface area contributed by atoms with Crippen molar-refractivity contribution in [1.82, 2.24) is 4.98 Å². The molecule has 6 heteroatoms. The van der Waals surface area contributed by atoms with Gasteiger partial charge in [0, 0.05) is 0 Å². The molecule has 2 N–H and O–H groups in total. The minimum atomic E-state index is -2.90. The third kappa shape index (κ3) is 1.46. The molecule has 0 fully saturated rings. The Kier molecular flexibility index (Phi) is 1.95. The lowest BCUT2D eigenvalue weighted by molar-refractivity contribution is -0.0493. The molecule has 4 nitrogen and oxygen atoms in total. The van der Waals surface area contributed by atoms with E-state index < -0.39 is 6.61 Å². The van der Waals surface area contributed by atoms with Crippen LogP contribution in [0.25, 0.3) is 11.1 Å². The number of oxazole rings is 1. The van der Waals surface area contributed by atoms with Crippen molar-refractivity contribution < 1.29 is 17.9 Å². The molecule has 0 aliphatic heterocycles. The fraction of sp³-hybridized carbons (Fsp3) is 0.125. The summed E-state index contributed by atoms with van der Waals surface area (Å²) in [6, 6.07) is 4.40. The van der Waals surface area contributed by atoms with Gasteiger partial charge in [0.2, 0.25) is 0 Å². The highest BCUT2D eigenvalue weighted by molar-refractivity contribution is 5.80. The van der Waals surface area contributed by atoms with Crippen LogP contribution in [0.15, 0.2) is 22.6 Å². The fourth-order valence-electron chi connectivity index (χ4n) is 1.13. The highest BCUT2D eigenvalue weighted by Gasteiger charge is 2.12. The van der Waals surface area contributed by atoms with Gasteiger partial charge in [0.25, 0.3) is 6.01 Å². The van der Waals surface area contributed by atoms with E-state index in [1.807, 2.05) is 0 Å². The van der Waals surface area contributed by atoms with Gasteiger partial charge in [-0.1, -0.05) is 6.07 Å². The second kappa shape index (κ2) is 3.13. The van der Waals surface area contributed by atoms with E-state index in [0.717, 1.165) is 0 Å². The van der Waals surface area contributed by atoms with Crippen LogP contribution in [-0.2, 0) is 0 Å². The van der Waals surface area contributed by atoms with E-state index in [1.165, 1.54) is 12.1 Å². The number of halogens is 2. The van der Waals surface area contributed by atoms with E-state index in [9.17, 15) is 8.78 Å². The Balaban J connectivity index is 2.53. The third-order valence-corrected chi connectivity index (χ3v) is 1.61. The molecule has 14 heavy (non-hydrogen) atoms. The molecule has 0 amide bonds. The summed E-state index contributed by atoms with van der Waals surface area (Å²) in [7, 11) is 0. The zero-order valence-electron chi connectivity index (χ0n) is 6.91. The van der Waals surface area contributed by atoms with Gasteiger partial charge in [0.15, 0.2) is 11.3 Å². The van der Waals surface area contributed by atoms with E-state index in [0.29, 0.717) is 5.52 Å². The third-order valence-electron chi connectivity index (χ3n) is 1.61. The second-order valence-corrected chi connectivity index (χ2v) is 2.54. The van der Waals surface area contributed by atoms with E-state index in [1.54, 1.807) is 6.07 Å². The topological polar surface area (TPSA) is 61.3 Å². The summed E-state index contributed by atoms with van der Waals surface area (Å²) in [6.07, 6.45) is 0. The van der Waals surface area contributed by atoms with Crippen molar-refractivity contribution in [1.29, 1.82) is 0 Å². The first-order valence-corrected chi connectivity index (χ1v) is 3.76. The average molecular weight is 200 g/mol. The number of nitrogens with zero attached hydrogens (tertiary/aromatic N) is 1. The van der Waals surface area contributed by atoms with Crippen LogP contribution in [0.4, 0.5) is 14.8 Å². The van der Waals surface area contributed by atoms with Crippen LogP contribution in [0.5, 0.6) is 5.75 Å². The van der Waals surface area contributed by atoms with Gasteiger partial charge in [0.05, 0.1) is 0 Å². The summed E-state index contributed by atoms with van der Waals surface area (Å²) in [6.45, 7) is -2.90. The smallest absolute Gasteiger partial charge is 0.387 e. The number of benzene rings is 1. The zero-order valence-corrected chi connectivity index (χ0v) is 6.91. The van der Waals surface area contributed by atoms with Crippen molar-refractivity contribution in [3.05, 3.63) is 18.2 Å². The molecule has 0 bridgehead atoms. The first-order valence-electron chi connectivity index (χ1n) is 3.76. The molecule has 74 valence electrons. The van der Waals surface area contributed by atoms with Crippen molar-refractivity contribution in [2.75, 3.05) is 5.73 Å². The molecular formula is C8H6F2N2O2. The fourth-order valence-corrected chi connectivity index (χ4v) is 1.13. The summed E-state index contributed by atoms with van der Waals surface area (Å²) in [5, 5.41) is 0. The Labute approximate surface area is 77.3 Å². The van der Waals surface area contributed by atoms with Crippen LogP contribution in [0.1, 0.15) is 0 Å². The highest BCUT2D eigenvalue weighted by atomic mass is 19.3. The molecule has 0 unspecified atom stereocenters. The van der Waals surface area contributed by atoms with Gasteiger partial charge in [0.1, 0.15) is 5.52 Å². The van der Waals surface area contributed by atoms with Crippen molar-refractivity contribution in [3.8, 4) is 5.75 Å². The van der Waals surface area contributed by atoms with Crippen molar-refractivity contribution in [3.63, 3.8) is 0 Å². The summed E-state index contributed by atoms with van der Waals surface area (Å²) in [5.74, 6) is -0.0679. The number of aromatic nitrogens is 1. The van der Waals surface area contributed by atoms with Crippen LogP contribution in [0, 0.1) is 0 Å². The number of anilines is 1. The van der Waals surface area contributed by atoms with Gasteiger partial charge in [-0.05, 0) is 12.1 Å². The molecule has 0 aliphatic rings. The highest BCUT2D eigenvalue weighted by Crippen LogP contribution is 2.28. The Hall–Kier alpha value is -1.85. The first-order chi connectivity index (χ1) is 6.66. The van der Waals surface area contributed by atoms with E-state index in [4.69, 9.17) is 10.2 Å². The molecule has 1 aromatic heterocycles. The van der Waals surface area contributed by atoms with Crippen molar-refractivity contribution in [2.24, 2.45) is 0 Å². The molecule has 0 radical (unpaired) electrons. The maximum absolute atomic E-state index is 11.9. The lowest BCUT2D eigenvalue weighted by atomic mass is 10.3. The number of hydrogen-bond donors (Lipinski definition) is 1. The predicted octanol–water partition coefficient (Wildman–Crippen LogP) is 2.01. The molecule has 0 aliphatic carbocycles. The number of fused-ring (bicyclic) bond motifs is 1. The van der Waals surface area contributed by atoms with Crippen LogP contribution < -0.4 is 10.5 Å². The monoisotopic (exact) mass is 200 g/mol. The van der Waals surface area contributed by atoms with Gasteiger partial charge in [-0.15, -0.1) is 0 Å². The van der Waals surface area contributed by atoms with Crippen molar-refractivity contribution in [2.45, 2.75) is 6.61 Å². The molecular weight excluding hydrogens is 194 g/mol. The Morgan fingerprint density at radius 2 is 2.21 bits per heavy atom. The van der Waals surface area contributed by atoms with E-state index in [-0.39, 0.29) is 17.3 Å². The zero-order chi connectivity index (χ0) is 10.1. The number of hydrogen-bond acceptors (Lipinski definition) is 4. The second-order valence-electron chi connectivity index (χ2n) is 2.54. The summed E-state index contributed by atoms with van der Waals surface area (Å²) >= 11 is 0. The van der Waals surface area contributed by atoms with E-state index >= 15 is 0 Å². The standard InChI is InChI=1S/C8H6F2N2O2/c9-7(10)13-5-3-1-2-4-6(5)14-8(11)12-4/h1-3,7H,(H2,11,12). The molecule has 0 saturated heterocycles. The molecule has 1 heterocycles. The van der Waals surface area contributed by atoms with Gasteiger partial charge >= 0.3 is 6.61 Å². The Morgan fingerprint density at radius 3 is 2.93 bits per heavy atom. The number of nitrogen functional groups attached to an aromatic ring is 1. The van der Waals surface area contributed by atoms with Gasteiger partial charge in [-0.3, -0.25) is 0 Å².